The van der Waals surface area contributed by atoms with E-state index >= 15 is 0 Å². The number of hydrogen-bond donors (Lipinski definition) is 1. The van der Waals surface area contributed by atoms with Crippen LogP contribution in [0.4, 0.5) is 10.5 Å². The van der Waals surface area contributed by atoms with Crippen LogP contribution in [0.5, 0.6) is 5.75 Å². The van der Waals surface area contributed by atoms with Crippen LogP contribution >= 0.6 is 11.6 Å². The van der Waals surface area contributed by atoms with Crippen LogP contribution in [0.15, 0.2) is 59.8 Å². The second-order valence-electron chi connectivity index (χ2n) is 8.50. The maximum absolute atomic E-state index is 13.1. The largest absolute Gasteiger partial charge is 0.495 e. The highest BCUT2D eigenvalue weighted by atomic mass is 35.5. The van der Waals surface area contributed by atoms with Gasteiger partial charge in [-0.1, -0.05) is 35.9 Å². The number of halogens is 1. The summed E-state index contributed by atoms with van der Waals surface area (Å²) < 4.78 is 10.7. The van der Waals surface area contributed by atoms with E-state index in [0.717, 1.165) is 11.4 Å². The van der Waals surface area contributed by atoms with Gasteiger partial charge in [-0.3, -0.25) is 9.69 Å². The summed E-state index contributed by atoms with van der Waals surface area (Å²) in [4.78, 5) is 43.9. The molecule has 182 valence electrons. The number of hydrogen-bond acceptors (Lipinski definition) is 6. The first-order chi connectivity index (χ1) is 17.0. The summed E-state index contributed by atoms with van der Waals surface area (Å²) in [6, 6.07) is 13.6. The van der Waals surface area contributed by atoms with Crippen LogP contribution in [-0.2, 0) is 14.3 Å². The Bertz CT molecular complexity index is 1190. The normalized spacial score (nSPS) is 19.9. The number of carbonyl (C=O) groups is 3. The number of carbonyl (C=O) groups excluding carboxylic acids is 3. The maximum Gasteiger partial charge on any atom is 0.338 e. The van der Waals surface area contributed by atoms with Crippen LogP contribution in [-0.4, -0.2) is 74.1 Å². The van der Waals surface area contributed by atoms with E-state index in [-0.39, 0.29) is 19.1 Å². The van der Waals surface area contributed by atoms with Gasteiger partial charge in [0.1, 0.15) is 18.9 Å². The van der Waals surface area contributed by atoms with Gasteiger partial charge in [0.25, 0.3) is 0 Å². The average molecular weight is 497 g/mol. The third kappa shape index (κ3) is 4.39. The molecule has 3 aliphatic heterocycles. The fourth-order valence-corrected chi connectivity index (χ4v) is 4.83. The molecule has 35 heavy (non-hydrogen) atoms. The summed E-state index contributed by atoms with van der Waals surface area (Å²) in [6.07, 6.45) is 0. The molecule has 2 aromatic rings. The number of cyclic esters (lactones) is 1. The van der Waals surface area contributed by atoms with Gasteiger partial charge in [-0.25, -0.2) is 9.59 Å². The van der Waals surface area contributed by atoms with E-state index in [0.29, 0.717) is 48.0 Å². The molecule has 0 aliphatic carbocycles. The predicted molar refractivity (Wildman–Crippen MR) is 129 cm³/mol. The van der Waals surface area contributed by atoms with Crippen molar-refractivity contribution in [3.05, 3.63) is 70.4 Å². The molecule has 10 heteroatoms. The van der Waals surface area contributed by atoms with E-state index < -0.39 is 18.0 Å². The van der Waals surface area contributed by atoms with Crippen LogP contribution in [0.2, 0.25) is 5.02 Å². The Morgan fingerprint density at radius 3 is 2.51 bits per heavy atom. The Kier molecular flexibility index (Phi) is 6.25. The standard InChI is InChI=1S/C25H25ClN4O5/c1-34-20-5-3-2-4-18(20)28-10-12-29(13-11-28)21(31)14-30-19-15-35-24(32)22(19)23(27-25(30)33)16-6-8-17(26)9-7-16/h2-9,23H,10-15H2,1H3,(H,27,33). The van der Waals surface area contributed by atoms with E-state index in [1.54, 1.807) is 36.3 Å². The van der Waals surface area contributed by atoms with Crippen LogP contribution in [0, 0.1) is 0 Å². The molecular weight excluding hydrogens is 472 g/mol. The van der Waals surface area contributed by atoms with Crippen LogP contribution in [0.25, 0.3) is 0 Å². The van der Waals surface area contributed by atoms with E-state index in [2.05, 4.69) is 10.2 Å². The second-order valence-corrected chi connectivity index (χ2v) is 8.93. The Morgan fingerprint density at radius 1 is 1.09 bits per heavy atom. The zero-order valence-corrected chi connectivity index (χ0v) is 20.0. The third-order valence-electron chi connectivity index (χ3n) is 6.55. The molecule has 1 unspecified atom stereocenters. The topological polar surface area (TPSA) is 91.4 Å². The van der Waals surface area contributed by atoms with Gasteiger partial charge in [-0.15, -0.1) is 0 Å². The van der Waals surface area contributed by atoms with E-state index in [9.17, 15) is 14.4 Å². The number of amides is 3. The molecule has 5 rings (SSSR count). The van der Waals surface area contributed by atoms with Gasteiger partial charge in [-0.05, 0) is 29.8 Å². The van der Waals surface area contributed by atoms with Crippen molar-refractivity contribution >= 4 is 35.2 Å². The molecule has 3 heterocycles. The van der Waals surface area contributed by atoms with E-state index in [1.807, 2.05) is 24.3 Å². The lowest BCUT2D eigenvalue weighted by molar-refractivity contribution is -0.136. The fourth-order valence-electron chi connectivity index (χ4n) is 4.71. The number of esters is 1. The van der Waals surface area contributed by atoms with Gasteiger partial charge in [-0.2, -0.15) is 0 Å². The van der Waals surface area contributed by atoms with Crippen molar-refractivity contribution in [2.75, 3.05) is 51.3 Å². The first kappa shape index (κ1) is 23.0. The Morgan fingerprint density at radius 2 is 1.80 bits per heavy atom. The zero-order valence-electron chi connectivity index (χ0n) is 19.2. The highest BCUT2D eigenvalue weighted by molar-refractivity contribution is 6.30. The highest BCUT2D eigenvalue weighted by Crippen LogP contribution is 2.35. The molecule has 0 saturated carbocycles. The van der Waals surface area contributed by atoms with E-state index in [4.69, 9.17) is 21.1 Å². The lowest BCUT2D eigenvalue weighted by Crippen LogP contribution is -2.54. The zero-order chi connectivity index (χ0) is 24.5. The molecule has 0 aromatic heterocycles. The fraction of sp³-hybridized carbons (Fsp3) is 0.320. The number of nitrogens with one attached hydrogen (secondary N) is 1. The molecule has 2 aromatic carbocycles. The summed E-state index contributed by atoms with van der Waals surface area (Å²) in [5, 5.41) is 3.40. The van der Waals surface area contributed by atoms with Crippen LogP contribution < -0.4 is 15.0 Å². The number of piperazine rings is 1. The molecular formula is C25H25ClN4O5. The summed E-state index contributed by atoms with van der Waals surface area (Å²) in [7, 11) is 1.64. The molecule has 1 saturated heterocycles. The monoisotopic (exact) mass is 496 g/mol. The number of methoxy groups -OCH3 is 1. The van der Waals surface area contributed by atoms with Crippen molar-refractivity contribution in [2.45, 2.75) is 6.04 Å². The molecule has 3 aliphatic rings. The van der Waals surface area contributed by atoms with Crippen molar-refractivity contribution < 1.29 is 23.9 Å². The number of rotatable bonds is 5. The van der Waals surface area contributed by atoms with Crippen LogP contribution in [0.1, 0.15) is 11.6 Å². The highest BCUT2D eigenvalue weighted by Gasteiger charge is 2.43. The minimum absolute atomic E-state index is 0.0411. The minimum Gasteiger partial charge on any atom is -0.495 e. The number of urea groups is 1. The lowest BCUT2D eigenvalue weighted by atomic mass is 9.96. The SMILES string of the molecule is COc1ccccc1N1CCN(C(=O)CN2C(=O)NC(c3ccc(Cl)cc3)C3=C2COC3=O)CC1. The molecule has 0 spiro atoms. The number of benzene rings is 2. The van der Waals surface area contributed by atoms with E-state index in [1.165, 1.54) is 4.90 Å². The summed E-state index contributed by atoms with van der Waals surface area (Å²) in [5.41, 5.74) is 2.48. The van der Waals surface area contributed by atoms with Gasteiger partial charge >= 0.3 is 12.0 Å². The minimum atomic E-state index is -0.652. The quantitative estimate of drug-likeness (QED) is 0.640. The smallest absolute Gasteiger partial charge is 0.338 e. The summed E-state index contributed by atoms with van der Waals surface area (Å²) in [5.74, 6) is 0.108. The predicted octanol–water partition coefficient (Wildman–Crippen LogP) is 2.57. The molecule has 1 atom stereocenters. The van der Waals surface area contributed by atoms with Crippen molar-refractivity contribution in [3.63, 3.8) is 0 Å². The van der Waals surface area contributed by atoms with Crippen molar-refractivity contribution in [3.8, 4) is 5.75 Å². The maximum atomic E-state index is 13.1. The van der Waals surface area contributed by atoms with Gasteiger partial charge < -0.3 is 24.6 Å². The summed E-state index contributed by atoms with van der Waals surface area (Å²) >= 11 is 5.98. The number of nitrogens with zero attached hydrogens (tertiary/aromatic N) is 3. The number of para-hydroxylation sites is 2. The first-order valence-corrected chi connectivity index (χ1v) is 11.7. The molecule has 0 bridgehead atoms. The van der Waals surface area contributed by atoms with Crippen LogP contribution in [0.3, 0.4) is 0 Å². The first-order valence-electron chi connectivity index (χ1n) is 11.4. The summed E-state index contributed by atoms with van der Waals surface area (Å²) in [6.45, 7) is 2.12. The molecule has 3 amide bonds. The third-order valence-corrected chi connectivity index (χ3v) is 6.81. The molecule has 1 N–H and O–H groups in total. The Balaban J connectivity index is 1.29. The Labute approximate surface area is 207 Å². The number of anilines is 1. The number of ether oxygens (including phenoxy) is 2. The van der Waals surface area contributed by atoms with Gasteiger partial charge in [0.2, 0.25) is 5.91 Å². The van der Waals surface area contributed by atoms with Crippen molar-refractivity contribution in [2.24, 2.45) is 0 Å². The van der Waals surface area contributed by atoms with Crippen molar-refractivity contribution in [1.82, 2.24) is 15.1 Å². The van der Waals surface area contributed by atoms with Gasteiger partial charge in [0.15, 0.2) is 0 Å². The van der Waals surface area contributed by atoms with Gasteiger partial charge in [0.05, 0.1) is 30.1 Å². The molecule has 0 radical (unpaired) electrons. The second kappa shape index (κ2) is 9.50. The van der Waals surface area contributed by atoms with Crippen molar-refractivity contribution in [1.29, 1.82) is 0 Å². The molecule has 1 fully saturated rings. The van der Waals surface area contributed by atoms with Gasteiger partial charge in [0, 0.05) is 31.2 Å². The lowest BCUT2D eigenvalue weighted by Gasteiger charge is -2.38. The Hall–Kier alpha value is -3.72. The average Bonchev–Trinajstić information content (AvgIpc) is 3.27. The molecule has 9 nitrogen and oxygen atoms in total.